The van der Waals surface area contributed by atoms with Crippen LogP contribution in [-0.4, -0.2) is 9.97 Å². The summed E-state index contributed by atoms with van der Waals surface area (Å²) < 4.78 is 13.2. The lowest BCUT2D eigenvalue weighted by molar-refractivity contribution is 0.633. The Morgan fingerprint density at radius 1 is 1.31 bits per heavy atom. The predicted octanol–water partition coefficient (Wildman–Crippen LogP) is 2.73. The lowest BCUT2D eigenvalue weighted by atomic mass is 10.2. The van der Waals surface area contributed by atoms with Gasteiger partial charge in [0.1, 0.15) is 5.52 Å². The van der Waals surface area contributed by atoms with Gasteiger partial charge in [-0.05, 0) is 18.6 Å². The summed E-state index contributed by atoms with van der Waals surface area (Å²) in [6, 6.07) is 1.70. The highest BCUT2D eigenvalue weighted by atomic mass is 35.5. The van der Waals surface area contributed by atoms with Crippen molar-refractivity contribution in [3.63, 3.8) is 0 Å². The van der Waals surface area contributed by atoms with Crippen molar-refractivity contribution in [2.75, 3.05) is 0 Å². The van der Waals surface area contributed by atoms with Crippen molar-refractivity contribution in [3.8, 4) is 0 Å². The molecular formula is C9H6ClFN2. The Morgan fingerprint density at radius 3 is 2.85 bits per heavy atom. The lowest BCUT2D eigenvalue weighted by Gasteiger charge is -2.00. The zero-order valence-electron chi connectivity index (χ0n) is 6.88. The first-order valence-electron chi connectivity index (χ1n) is 3.75. The maximum atomic E-state index is 13.2. The van der Waals surface area contributed by atoms with Crippen LogP contribution in [0, 0.1) is 12.7 Å². The zero-order valence-corrected chi connectivity index (χ0v) is 7.64. The number of halogens is 2. The second-order valence-corrected chi connectivity index (χ2v) is 3.16. The normalized spacial score (nSPS) is 10.7. The van der Waals surface area contributed by atoms with E-state index in [9.17, 15) is 4.39 Å². The Hall–Kier alpha value is -1.22. The van der Waals surface area contributed by atoms with Gasteiger partial charge in [-0.3, -0.25) is 4.98 Å². The lowest BCUT2D eigenvalue weighted by Crippen LogP contribution is -1.88. The van der Waals surface area contributed by atoms with Gasteiger partial charge in [0.2, 0.25) is 0 Å². The summed E-state index contributed by atoms with van der Waals surface area (Å²) in [7, 11) is 0. The van der Waals surface area contributed by atoms with Crippen LogP contribution < -0.4 is 0 Å². The average Bonchev–Trinajstić information content (AvgIpc) is 2.12. The third-order valence-corrected chi connectivity index (χ3v) is 2.04. The topological polar surface area (TPSA) is 25.8 Å². The molecule has 0 fully saturated rings. The van der Waals surface area contributed by atoms with Gasteiger partial charge in [0, 0.05) is 11.6 Å². The quantitative estimate of drug-likeness (QED) is 0.606. The third kappa shape index (κ3) is 1.35. The number of fused-ring (bicyclic) bond motifs is 1. The highest BCUT2D eigenvalue weighted by molar-refractivity contribution is 6.33. The Balaban J connectivity index is 2.92. The molecule has 0 radical (unpaired) electrons. The monoisotopic (exact) mass is 196 g/mol. The highest BCUT2D eigenvalue weighted by Crippen LogP contribution is 2.21. The molecular weight excluding hydrogens is 191 g/mol. The molecule has 0 aliphatic rings. The second-order valence-electron chi connectivity index (χ2n) is 2.81. The Morgan fingerprint density at radius 2 is 2.08 bits per heavy atom. The van der Waals surface area contributed by atoms with Crippen molar-refractivity contribution in [2.24, 2.45) is 0 Å². The number of rotatable bonds is 0. The van der Waals surface area contributed by atoms with Gasteiger partial charge >= 0.3 is 0 Å². The highest BCUT2D eigenvalue weighted by Gasteiger charge is 2.06. The maximum absolute atomic E-state index is 13.2. The average molecular weight is 197 g/mol. The van der Waals surface area contributed by atoms with Gasteiger partial charge in [-0.15, -0.1) is 0 Å². The van der Waals surface area contributed by atoms with Gasteiger partial charge in [-0.1, -0.05) is 11.6 Å². The number of aryl methyl sites for hydroxylation is 1. The largest absolute Gasteiger partial charge is 0.253 e. The summed E-state index contributed by atoms with van der Waals surface area (Å²) in [4.78, 5) is 7.67. The van der Waals surface area contributed by atoms with E-state index in [0.29, 0.717) is 10.9 Å². The minimum absolute atomic E-state index is 0.233. The van der Waals surface area contributed by atoms with E-state index in [4.69, 9.17) is 11.6 Å². The van der Waals surface area contributed by atoms with Crippen LogP contribution in [0.3, 0.4) is 0 Å². The minimum Gasteiger partial charge on any atom is -0.253 e. The van der Waals surface area contributed by atoms with Crippen molar-refractivity contribution in [3.05, 3.63) is 35.0 Å². The zero-order chi connectivity index (χ0) is 9.42. The number of nitrogens with zero attached hydrogens (tertiary/aromatic N) is 2. The van der Waals surface area contributed by atoms with Crippen LogP contribution in [0.1, 0.15) is 5.56 Å². The summed E-state index contributed by atoms with van der Waals surface area (Å²) >= 11 is 5.74. The molecule has 0 spiro atoms. The van der Waals surface area contributed by atoms with Crippen LogP contribution in [0.2, 0.25) is 5.15 Å². The Labute approximate surface area is 79.4 Å². The third-order valence-electron chi connectivity index (χ3n) is 1.77. The SMILES string of the molecule is Cc1cnc2c(Cl)ncc(F)c2c1. The summed E-state index contributed by atoms with van der Waals surface area (Å²) in [5.74, 6) is -0.393. The molecule has 2 heterocycles. The van der Waals surface area contributed by atoms with E-state index < -0.39 is 5.82 Å². The summed E-state index contributed by atoms with van der Waals surface area (Å²) in [5, 5.41) is 0.649. The fourth-order valence-corrected chi connectivity index (χ4v) is 1.36. The fourth-order valence-electron chi connectivity index (χ4n) is 1.16. The van der Waals surface area contributed by atoms with E-state index in [2.05, 4.69) is 9.97 Å². The van der Waals surface area contributed by atoms with Crippen LogP contribution in [-0.2, 0) is 0 Å². The van der Waals surface area contributed by atoms with Crippen molar-refractivity contribution in [1.82, 2.24) is 9.97 Å². The van der Waals surface area contributed by atoms with Gasteiger partial charge in [-0.2, -0.15) is 0 Å². The Kier molecular flexibility index (Phi) is 1.88. The van der Waals surface area contributed by atoms with Crippen molar-refractivity contribution < 1.29 is 4.39 Å². The molecule has 0 atom stereocenters. The van der Waals surface area contributed by atoms with E-state index in [1.54, 1.807) is 12.3 Å². The van der Waals surface area contributed by atoms with Crippen molar-refractivity contribution >= 4 is 22.5 Å². The molecule has 0 N–H and O–H groups in total. The van der Waals surface area contributed by atoms with Gasteiger partial charge in [-0.25, -0.2) is 9.37 Å². The first kappa shape index (κ1) is 8.38. The summed E-state index contributed by atoms with van der Waals surface area (Å²) in [5.41, 5.74) is 1.31. The van der Waals surface area contributed by atoms with E-state index >= 15 is 0 Å². The van der Waals surface area contributed by atoms with E-state index in [-0.39, 0.29) is 5.15 Å². The first-order valence-corrected chi connectivity index (χ1v) is 4.12. The van der Waals surface area contributed by atoms with Crippen LogP contribution in [0.4, 0.5) is 4.39 Å². The molecule has 2 aromatic rings. The number of hydrogen-bond acceptors (Lipinski definition) is 2. The molecule has 0 aromatic carbocycles. The van der Waals surface area contributed by atoms with Gasteiger partial charge in [0.15, 0.2) is 11.0 Å². The molecule has 66 valence electrons. The number of pyridine rings is 2. The van der Waals surface area contributed by atoms with Crippen LogP contribution in [0.15, 0.2) is 18.5 Å². The summed E-state index contributed by atoms with van der Waals surface area (Å²) in [6.45, 7) is 1.85. The van der Waals surface area contributed by atoms with E-state index in [1.807, 2.05) is 6.92 Å². The van der Waals surface area contributed by atoms with Crippen LogP contribution >= 0.6 is 11.6 Å². The predicted molar refractivity (Wildman–Crippen MR) is 49.2 cm³/mol. The first-order chi connectivity index (χ1) is 6.18. The second kappa shape index (κ2) is 2.92. The van der Waals surface area contributed by atoms with Crippen molar-refractivity contribution in [2.45, 2.75) is 6.92 Å². The van der Waals surface area contributed by atoms with E-state index in [1.165, 1.54) is 0 Å². The Bertz CT molecular complexity index is 470. The summed E-state index contributed by atoms with van der Waals surface area (Å²) in [6.07, 6.45) is 2.74. The molecule has 0 bridgehead atoms. The van der Waals surface area contributed by atoms with Crippen LogP contribution in [0.25, 0.3) is 10.9 Å². The molecule has 0 unspecified atom stereocenters. The van der Waals surface area contributed by atoms with E-state index in [0.717, 1.165) is 11.8 Å². The fraction of sp³-hybridized carbons (Fsp3) is 0.111. The van der Waals surface area contributed by atoms with Crippen LogP contribution in [0.5, 0.6) is 0 Å². The number of aromatic nitrogens is 2. The molecule has 2 nitrogen and oxygen atoms in total. The molecule has 2 rings (SSSR count). The van der Waals surface area contributed by atoms with Gasteiger partial charge in [0.25, 0.3) is 0 Å². The molecule has 2 aromatic heterocycles. The molecule has 13 heavy (non-hydrogen) atoms. The molecule has 0 saturated heterocycles. The van der Waals surface area contributed by atoms with Crippen molar-refractivity contribution in [1.29, 1.82) is 0 Å². The standard InChI is InChI=1S/C9H6ClFN2/c1-5-2-6-7(11)4-13-9(10)8(6)12-3-5/h2-4H,1H3. The maximum Gasteiger partial charge on any atom is 0.155 e. The minimum atomic E-state index is -0.393. The van der Waals surface area contributed by atoms with Gasteiger partial charge < -0.3 is 0 Å². The smallest absolute Gasteiger partial charge is 0.155 e. The molecule has 0 saturated carbocycles. The number of hydrogen-bond donors (Lipinski definition) is 0. The molecule has 4 heteroatoms. The molecule has 0 aliphatic heterocycles. The molecule has 0 aliphatic carbocycles. The van der Waals surface area contributed by atoms with Gasteiger partial charge in [0.05, 0.1) is 6.20 Å². The molecule has 0 amide bonds.